The number of halogens is 1. The molecule has 6 nitrogen and oxygen atoms in total. The number of benzene rings is 2. The number of amides is 1. The van der Waals surface area contributed by atoms with Crippen molar-refractivity contribution in [1.82, 2.24) is 9.55 Å². The zero-order valence-electron chi connectivity index (χ0n) is 18.1. The summed E-state index contributed by atoms with van der Waals surface area (Å²) in [6.45, 7) is 3.87. The monoisotopic (exact) mass is 453 g/mol. The van der Waals surface area contributed by atoms with Gasteiger partial charge in [0.05, 0.1) is 11.7 Å². The highest BCUT2D eigenvalue weighted by atomic mass is 32.2. The number of carbonyl (C=O) groups excluding carboxylic acids is 1. The van der Waals surface area contributed by atoms with E-state index in [1.807, 2.05) is 38.1 Å². The summed E-state index contributed by atoms with van der Waals surface area (Å²) in [7, 11) is 1.78. The third-order valence-corrected chi connectivity index (χ3v) is 6.34. The van der Waals surface area contributed by atoms with Crippen LogP contribution in [0.15, 0.2) is 58.5 Å². The topological polar surface area (TPSA) is 73.2 Å². The van der Waals surface area contributed by atoms with Crippen LogP contribution < -0.4 is 15.6 Å². The fourth-order valence-corrected chi connectivity index (χ4v) is 4.71. The van der Waals surface area contributed by atoms with Gasteiger partial charge in [0, 0.05) is 30.7 Å². The van der Waals surface area contributed by atoms with Crippen LogP contribution in [0.4, 0.5) is 10.2 Å². The number of ether oxygens (including phenoxy) is 1. The van der Waals surface area contributed by atoms with E-state index in [0.29, 0.717) is 28.0 Å². The van der Waals surface area contributed by atoms with Crippen LogP contribution in [-0.2, 0) is 17.6 Å². The van der Waals surface area contributed by atoms with Crippen LogP contribution in [-0.4, -0.2) is 21.6 Å². The Labute approximate surface area is 189 Å². The molecule has 1 N–H and O–H groups in total. The Bertz CT molecular complexity index is 1210. The fraction of sp³-hybridized carbons (Fsp3) is 0.292. The second kappa shape index (κ2) is 9.16. The largest absolute Gasteiger partial charge is 0.491 e. The Morgan fingerprint density at radius 3 is 2.62 bits per heavy atom. The molecule has 0 fully saturated rings. The quantitative estimate of drug-likeness (QED) is 0.440. The molecule has 1 atom stereocenters. The second-order valence-electron chi connectivity index (χ2n) is 7.95. The minimum atomic E-state index is -0.448. The Morgan fingerprint density at radius 1 is 1.19 bits per heavy atom. The van der Waals surface area contributed by atoms with Crippen LogP contribution in [0.25, 0.3) is 0 Å². The number of thioether (sulfide) groups is 1. The van der Waals surface area contributed by atoms with Gasteiger partial charge in [0.25, 0.3) is 5.56 Å². The van der Waals surface area contributed by atoms with Crippen molar-refractivity contribution in [2.75, 3.05) is 5.32 Å². The molecular formula is C24H24FN3O3S. The van der Waals surface area contributed by atoms with Gasteiger partial charge in [-0.2, -0.15) is 4.98 Å². The Kier molecular flexibility index (Phi) is 6.32. The molecule has 32 heavy (non-hydrogen) atoms. The van der Waals surface area contributed by atoms with Crippen molar-refractivity contribution >= 4 is 23.5 Å². The first-order chi connectivity index (χ1) is 15.3. The lowest BCUT2D eigenvalue weighted by atomic mass is 9.86. The van der Waals surface area contributed by atoms with E-state index in [2.05, 4.69) is 10.3 Å². The molecule has 0 saturated heterocycles. The van der Waals surface area contributed by atoms with E-state index in [-0.39, 0.29) is 29.8 Å². The van der Waals surface area contributed by atoms with Crippen LogP contribution in [0.5, 0.6) is 5.75 Å². The van der Waals surface area contributed by atoms with E-state index < -0.39 is 5.92 Å². The number of carbonyl (C=O) groups is 1. The number of nitrogens with zero attached hydrogens (tertiary/aromatic N) is 2. The van der Waals surface area contributed by atoms with Gasteiger partial charge in [-0.3, -0.25) is 9.59 Å². The molecule has 4 rings (SSSR count). The number of para-hydroxylation sites is 1. The van der Waals surface area contributed by atoms with Crippen LogP contribution in [0.1, 0.15) is 42.9 Å². The van der Waals surface area contributed by atoms with E-state index in [9.17, 15) is 14.0 Å². The van der Waals surface area contributed by atoms with Gasteiger partial charge in [0.2, 0.25) is 5.91 Å². The van der Waals surface area contributed by atoms with Gasteiger partial charge in [-0.25, -0.2) is 4.39 Å². The SMILES string of the molecule is CC(C)Oc1ccccc1C1CC(=O)Nc2c1c(=O)nc(SCc1ccc(F)cc1)n2C. The average molecular weight is 454 g/mol. The molecular weight excluding hydrogens is 429 g/mol. The highest BCUT2D eigenvalue weighted by Crippen LogP contribution is 2.39. The van der Waals surface area contributed by atoms with Gasteiger partial charge in [0.15, 0.2) is 5.16 Å². The van der Waals surface area contributed by atoms with Gasteiger partial charge in [-0.05, 0) is 37.6 Å². The predicted molar refractivity (Wildman–Crippen MR) is 123 cm³/mol. The predicted octanol–water partition coefficient (Wildman–Crippen LogP) is 4.47. The first-order valence-corrected chi connectivity index (χ1v) is 11.4. The molecule has 1 aliphatic rings. The number of hydrogen-bond donors (Lipinski definition) is 1. The van der Waals surface area contributed by atoms with Gasteiger partial charge >= 0.3 is 0 Å². The molecule has 8 heteroatoms. The number of rotatable bonds is 6. The summed E-state index contributed by atoms with van der Waals surface area (Å²) in [6.07, 6.45) is 0.101. The van der Waals surface area contributed by atoms with Crippen molar-refractivity contribution in [2.45, 2.75) is 43.2 Å². The van der Waals surface area contributed by atoms with Crippen LogP contribution in [0.2, 0.25) is 0 Å². The van der Waals surface area contributed by atoms with Crippen molar-refractivity contribution < 1.29 is 13.9 Å². The molecule has 1 amide bonds. The molecule has 2 heterocycles. The summed E-state index contributed by atoms with van der Waals surface area (Å²) < 4.78 is 20.8. The lowest BCUT2D eigenvalue weighted by Gasteiger charge is -2.28. The third kappa shape index (κ3) is 4.55. The number of hydrogen-bond acceptors (Lipinski definition) is 5. The van der Waals surface area contributed by atoms with Crippen LogP contribution >= 0.6 is 11.8 Å². The number of aromatic nitrogens is 2. The average Bonchev–Trinajstić information content (AvgIpc) is 2.75. The summed E-state index contributed by atoms with van der Waals surface area (Å²) >= 11 is 1.36. The highest BCUT2D eigenvalue weighted by Gasteiger charge is 2.33. The summed E-state index contributed by atoms with van der Waals surface area (Å²) in [5, 5.41) is 3.33. The van der Waals surface area contributed by atoms with Crippen molar-refractivity contribution in [1.29, 1.82) is 0 Å². The molecule has 1 aromatic heterocycles. The Hall–Kier alpha value is -3.13. The molecule has 0 aliphatic carbocycles. The van der Waals surface area contributed by atoms with Crippen molar-refractivity contribution in [3.8, 4) is 5.75 Å². The Balaban J connectivity index is 1.72. The van der Waals surface area contributed by atoms with Crippen molar-refractivity contribution in [3.05, 3.63) is 81.4 Å². The molecule has 0 saturated carbocycles. The molecule has 1 unspecified atom stereocenters. The molecule has 166 valence electrons. The first-order valence-electron chi connectivity index (χ1n) is 10.4. The van der Waals surface area contributed by atoms with Gasteiger partial charge in [0.1, 0.15) is 17.4 Å². The first kappa shape index (κ1) is 22.1. The highest BCUT2D eigenvalue weighted by molar-refractivity contribution is 7.98. The Morgan fingerprint density at radius 2 is 1.91 bits per heavy atom. The molecule has 0 spiro atoms. The molecule has 0 radical (unpaired) electrons. The number of anilines is 1. The van der Waals surface area contributed by atoms with Crippen molar-refractivity contribution in [3.63, 3.8) is 0 Å². The van der Waals surface area contributed by atoms with Gasteiger partial charge < -0.3 is 14.6 Å². The van der Waals surface area contributed by atoms with Gasteiger partial charge in [-0.15, -0.1) is 0 Å². The summed E-state index contributed by atoms with van der Waals surface area (Å²) in [5.41, 5.74) is 1.79. The van der Waals surface area contributed by atoms with E-state index in [1.54, 1.807) is 23.7 Å². The molecule has 0 bridgehead atoms. The van der Waals surface area contributed by atoms with Crippen LogP contribution in [0, 0.1) is 5.82 Å². The summed E-state index contributed by atoms with van der Waals surface area (Å²) in [6, 6.07) is 13.7. The molecule has 1 aliphatic heterocycles. The zero-order valence-corrected chi connectivity index (χ0v) is 18.9. The third-order valence-electron chi connectivity index (χ3n) is 5.24. The van der Waals surface area contributed by atoms with Crippen LogP contribution in [0.3, 0.4) is 0 Å². The van der Waals surface area contributed by atoms with E-state index in [4.69, 9.17) is 4.74 Å². The lowest BCUT2D eigenvalue weighted by molar-refractivity contribution is -0.116. The maximum absolute atomic E-state index is 13.2. The second-order valence-corrected chi connectivity index (χ2v) is 8.89. The lowest BCUT2D eigenvalue weighted by Crippen LogP contribution is -2.33. The molecule has 2 aromatic carbocycles. The smallest absolute Gasteiger partial charge is 0.279 e. The summed E-state index contributed by atoms with van der Waals surface area (Å²) in [4.78, 5) is 30.1. The van der Waals surface area contributed by atoms with Crippen molar-refractivity contribution in [2.24, 2.45) is 7.05 Å². The number of nitrogens with one attached hydrogen (secondary N) is 1. The van der Waals surface area contributed by atoms with E-state index in [0.717, 1.165) is 11.1 Å². The molecule has 3 aromatic rings. The fourth-order valence-electron chi connectivity index (χ4n) is 3.79. The minimum Gasteiger partial charge on any atom is -0.491 e. The van der Waals surface area contributed by atoms with Gasteiger partial charge in [-0.1, -0.05) is 42.1 Å². The minimum absolute atomic E-state index is 0.0424. The zero-order chi connectivity index (χ0) is 22.8. The number of fused-ring (bicyclic) bond motifs is 1. The van der Waals surface area contributed by atoms with E-state index >= 15 is 0 Å². The maximum Gasteiger partial charge on any atom is 0.279 e. The normalized spacial score (nSPS) is 15.4. The van der Waals surface area contributed by atoms with E-state index in [1.165, 1.54) is 23.9 Å². The summed E-state index contributed by atoms with van der Waals surface area (Å²) in [5.74, 6) is 0.709. The standard InChI is InChI=1S/C24H24FN3O3S/c1-14(2)31-19-7-5-4-6-17(19)18-12-20(29)26-22-21(18)23(30)27-24(28(22)3)32-13-15-8-10-16(25)11-9-15/h4-11,14,18H,12-13H2,1-3H3,(H,26,29). The maximum atomic E-state index is 13.2.